The first-order chi connectivity index (χ1) is 31.1. The lowest BCUT2D eigenvalue weighted by Gasteiger charge is -2.35. The van der Waals surface area contributed by atoms with Gasteiger partial charge < -0.3 is 29.0 Å². The number of likely N-dealkylation sites (N-methyl/N-ethyl adjacent to an activating group) is 1. The molecule has 0 saturated carbocycles. The van der Waals surface area contributed by atoms with Crippen LogP contribution >= 0.6 is 22.9 Å². The van der Waals surface area contributed by atoms with E-state index in [4.69, 9.17) is 35.5 Å². The number of nitrogens with zero attached hydrogens (tertiary/aromatic N) is 6. The number of carboxylic acids is 1. The van der Waals surface area contributed by atoms with E-state index in [1.54, 1.807) is 31.5 Å². The summed E-state index contributed by atoms with van der Waals surface area (Å²) < 4.78 is 39.7. The van der Waals surface area contributed by atoms with Crippen molar-refractivity contribution >= 4 is 39.1 Å². The highest BCUT2D eigenvalue weighted by Crippen LogP contribution is 2.50. The van der Waals surface area contributed by atoms with Gasteiger partial charge in [-0.3, -0.25) is 4.90 Å². The fourth-order valence-electron chi connectivity index (χ4n) is 8.28. The third-order valence-electron chi connectivity index (χ3n) is 11.8. The van der Waals surface area contributed by atoms with E-state index in [2.05, 4.69) is 31.8 Å². The summed E-state index contributed by atoms with van der Waals surface area (Å²) in [4.78, 5) is 37.8. The van der Waals surface area contributed by atoms with Crippen LogP contribution in [0.5, 0.6) is 23.1 Å². The van der Waals surface area contributed by atoms with Crippen LogP contribution < -0.4 is 18.9 Å². The zero-order chi connectivity index (χ0) is 44.3. The van der Waals surface area contributed by atoms with Crippen molar-refractivity contribution in [3.05, 3.63) is 131 Å². The van der Waals surface area contributed by atoms with Crippen LogP contribution in [-0.2, 0) is 24.2 Å². The van der Waals surface area contributed by atoms with Crippen LogP contribution in [0.3, 0.4) is 0 Å². The first kappa shape index (κ1) is 43.1. The predicted octanol–water partition coefficient (Wildman–Crippen LogP) is 9.19. The molecule has 0 amide bonds. The molecule has 1 N–H and O–H groups in total. The maximum Gasteiger partial charge on any atom is 0.345 e. The van der Waals surface area contributed by atoms with E-state index in [1.807, 2.05) is 61.5 Å². The first-order valence-electron chi connectivity index (χ1n) is 21.1. The zero-order valence-corrected chi connectivity index (χ0v) is 37.2. The fourth-order valence-corrected chi connectivity index (χ4v) is 9.64. The second-order valence-electron chi connectivity index (χ2n) is 16.1. The summed E-state index contributed by atoms with van der Waals surface area (Å²) in [5.74, 6) is 0.729. The van der Waals surface area contributed by atoms with Crippen LogP contribution in [0.2, 0.25) is 5.02 Å². The van der Waals surface area contributed by atoms with E-state index in [0.717, 1.165) is 58.9 Å². The number of rotatable bonds is 9. The number of thiophene rings is 1. The molecule has 3 aliphatic heterocycles. The molecule has 6 heterocycles. The molecular weight excluding hydrogens is 855 g/mol. The Morgan fingerprint density at radius 1 is 0.953 bits per heavy atom. The van der Waals surface area contributed by atoms with Crippen molar-refractivity contribution in [3.8, 4) is 56.1 Å². The second-order valence-corrected chi connectivity index (χ2v) is 17.4. The van der Waals surface area contributed by atoms with Gasteiger partial charge in [0, 0.05) is 55.8 Å². The summed E-state index contributed by atoms with van der Waals surface area (Å²) in [7, 11) is 3.74. The Labute approximate surface area is 379 Å². The van der Waals surface area contributed by atoms with Gasteiger partial charge in [0.1, 0.15) is 46.9 Å². The Kier molecular flexibility index (Phi) is 12.7. The highest BCUT2D eigenvalue weighted by molar-refractivity contribution is 7.22. The van der Waals surface area contributed by atoms with Gasteiger partial charge in [0.05, 0.1) is 28.8 Å². The second kappa shape index (κ2) is 18.9. The molecule has 3 aliphatic rings. The molecule has 15 heteroatoms. The molecule has 1 fully saturated rings. The minimum absolute atomic E-state index is 0.0507. The molecule has 10 rings (SSSR count). The van der Waals surface area contributed by atoms with Crippen LogP contribution in [0.4, 0.5) is 4.39 Å². The van der Waals surface area contributed by atoms with Crippen molar-refractivity contribution in [3.63, 3.8) is 0 Å². The topological polar surface area (TPSA) is 132 Å². The molecule has 328 valence electrons. The Hall–Kier alpha value is -6.19. The number of benzene rings is 4. The van der Waals surface area contributed by atoms with E-state index >= 15 is 0 Å². The van der Waals surface area contributed by atoms with Crippen LogP contribution in [0.25, 0.3) is 43.2 Å². The van der Waals surface area contributed by atoms with Crippen LogP contribution in [0.1, 0.15) is 28.8 Å². The van der Waals surface area contributed by atoms with E-state index < -0.39 is 12.1 Å². The summed E-state index contributed by atoms with van der Waals surface area (Å²) in [6.45, 7) is 6.49. The van der Waals surface area contributed by atoms with Gasteiger partial charge in [0.2, 0.25) is 12.0 Å². The first-order valence-corrected chi connectivity index (χ1v) is 22.3. The van der Waals surface area contributed by atoms with Crippen LogP contribution in [0.15, 0.2) is 97.5 Å². The van der Waals surface area contributed by atoms with Gasteiger partial charge in [-0.25, -0.2) is 29.1 Å². The largest absolute Gasteiger partial charge is 0.496 e. The molecule has 1 saturated heterocycles. The fraction of sp³-hybridized carbons (Fsp3) is 0.286. The van der Waals surface area contributed by atoms with E-state index in [0.29, 0.717) is 74.5 Å². The molecule has 64 heavy (non-hydrogen) atoms. The molecule has 4 aromatic carbocycles. The number of aliphatic carboxylic acids is 1. The van der Waals surface area contributed by atoms with Crippen molar-refractivity contribution in [2.45, 2.75) is 45.0 Å². The standard InChI is InChI=1S/C49H46ClFN6O6S/c1-29-36-15-17-40(44(29)50)62-35(26-57-22-20-56(2)21-23-57)14-8-30-9-16-38(61-27-34-18-19-52-46(55-34)37-6-4-5-7-39(37)60-3)32(24-30)25-41(49(58)59)63-47-43-42(36)45(64-48(43)54-28-53-47)31-10-12-33(51)13-11-31/h4-7,9-13,15-19,24,28,35,41H,8,14,20-23,25-27H2,1-3H3,(H,58,59)/t35-,41-/m0/s1. The van der Waals surface area contributed by atoms with E-state index in [9.17, 15) is 14.3 Å². The predicted molar refractivity (Wildman–Crippen MR) is 245 cm³/mol. The minimum Gasteiger partial charge on any atom is -0.496 e. The van der Waals surface area contributed by atoms with Gasteiger partial charge in [-0.05, 0) is 97.1 Å². The van der Waals surface area contributed by atoms with E-state index in [-0.39, 0.29) is 30.8 Å². The number of halogens is 2. The number of aromatic nitrogens is 4. The third kappa shape index (κ3) is 9.23. The van der Waals surface area contributed by atoms with Gasteiger partial charge >= 0.3 is 5.97 Å². The van der Waals surface area contributed by atoms with Gasteiger partial charge in [0.15, 0.2) is 5.82 Å². The van der Waals surface area contributed by atoms with Gasteiger partial charge in [-0.1, -0.05) is 54.1 Å². The van der Waals surface area contributed by atoms with Crippen LogP contribution in [-0.4, -0.2) is 99.9 Å². The molecule has 3 aromatic heterocycles. The molecule has 0 spiro atoms. The summed E-state index contributed by atoms with van der Waals surface area (Å²) in [5.41, 5.74) is 5.93. The van der Waals surface area contributed by atoms with Crippen molar-refractivity contribution in [1.29, 1.82) is 0 Å². The lowest BCUT2D eigenvalue weighted by Crippen LogP contribution is -2.48. The SMILES string of the molecule is COc1ccccc1-c1nccc(COc2ccc3cc2C[C@@H](C(=O)O)Oc2ncnc4sc(-c5ccc(F)cc5)c(c24)-c2ccc(c(Cl)c2C)O[C@H](CN2CCN(C)CC2)CC3)n1. The number of ether oxygens (including phenoxy) is 4. The maximum absolute atomic E-state index is 14.3. The number of hydrogen-bond acceptors (Lipinski definition) is 12. The third-order valence-corrected chi connectivity index (χ3v) is 13.4. The number of para-hydroxylation sites is 1. The van der Waals surface area contributed by atoms with Crippen molar-refractivity contribution < 1.29 is 33.2 Å². The summed E-state index contributed by atoms with van der Waals surface area (Å²) >= 11 is 8.65. The highest BCUT2D eigenvalue weighted by atomic mass is 35.5. The minimum atomic E-state index is -1.38. The van der Waals surface area contributed by atoms with Gasteiger partial charge in [-0.15, -0.1) is 11.3 Å². The number of aryl methyl sites for hydroxylation is 1. The molecular formula is C49H46ClFN6O6S. The molecule has 12 nitrogen and oxygen atoms in total. The maximum atomic E-state index is 14.3. The van der Waals surface area contributed by atoms with Gasteiger partial charge in [-0.2, -0.15) is 0 Å². The Morgan fingerprint density at radius 3 is 2.56 bits per heavy atom. The summed E-state index contributed by atoms with van der Waals surface area (Å²) in [5, 5.41) is 11.8. The average molecular weight is 901 g/mol. The summed E-state index contributed by atoms with van der Waals surface area (Å²) in [6, 6.07) is 25.3. The molecule has 0 unspecified atom stereocenters. The quantitative estimate of drug-likeness (QED) is 0.148. The number of fused-ring (bicyclic) bond motifs is 7. The lowest BCUT2D eigenvalue weighted by molar-refractivity contribution is -0.145. The van der Waals surface area contributed by atoms with Crippen molar-refractivity contribution in [2.75, 3.05) is 46.9 Å². The van der Waals surface area contributed by atoms with Crippen molar-refractivity contribution in [2.24, 2.45) is 0 Å². The normalized spacial score (nSPS) is 17.1. The smallest absolute Gasteiger partial charge is 0.345 e. The zero-order valence-electron chi connectivity index (χ0n) is 35.6. The summed E-state index contributed by atoms with van der Waals surface area (Å²) in [6.07, 6.45) is 2.68. The molecule has 2 atom stereocenters. The average Bonchev–Trinajstić information content (AvgIpc) is 3.70. The Balaban J connectivity index is 1.13. The monoisotopic (exact) mass is 900 g/mol. The molecule has 4 bridgehead atoms. The molecule has 0 aliphatic carbocycles. The van der Waals surface area contributed by atoms with Crippen LogP contribution in [0, 0.1) is 12.7 Å². The van der Waals surface area contributed by atoms with Crippen molar-refractivity contribution in [1.82, 2.24) is 29.7 Å². The molecule has 0 radical (unpaired) electrons. The number of carboxylic acid groups (broad SMARTS) is 1. The Bertz CT molecular complexity index is 2820. The highest BCUT2D eigenvalue weighted by Gasteiger charge is 2.30. The number of hydrogen-bond donors (Lipinski definition) is 1. The van der Waals surface area contributed by atoms with Gasteiger partial charge in [0.25, 0.3) is 0 Å². The Morgan fingerprint density at radius 2 is 1.77 bits per heavy atom. The molecule has 7 aromatic rings. The lowest BCUT2D eigenvalue weighted by atomic mass is 9.96. The number of piperazine rings is 1. The number of carbonyl (C=O) groups is 1. The van der Waals surface area contributed by atoms with E-state index in [1.165, 1.54) is 29.8 Å². The number of methoxy groups -OCH3 is 1.